The molecule has 2 unspecified atom stereocenters. The molecule has 1 aromatic carbocycles. The molecular weight excluding hydrogens is 280 g/mol. The third-order valence-electron chi connectivity index (χ3n) is 4.43. The fourth-order valence-electron chi connectivity index (χ4n) is 3.11. The zero-order valence-corrected chi connectivity index (χ0v) is 13.4. The highest BCUT2D eigenvalue weighted by atomic mass is 16.5. The van der Waals surface area contributed by atoms with Gasteiger partial charge in [-0.25, -0.2) is 0 Å². The van der Waals surface area contributed by atoms with Gasteiger partial charge in [0.05, 0.1) is 20.3 Å². The van der Waals surface area contributed by atoms with Gasteiger partial charge in [0, 0.05) is 18.2 Å². The Kier molecular flexibility index (Phi) is 6.21. The molecule has 5 nitrogen and oxygen atoms in total. The van der Waals surface area contributed by atoms with Crippen LogP contribution in [0, 0.1) is 5.92 Å². The van der Waals surface area contributed by atoms with Gasteiger partial charge in [-0.3, -0.25) is 9.69 Å². The van der Waals surface area contributed by atoms with Crippen LogP contribution in [0.2, 0.25) is 0 Å². The Morgan fingerprint density at radius 2 is 2.23 bits per heavy atom. The first-order valence-electron chi connectivity index (χ1n) is 7.89. The van der Waals surface area contributed by atoms with E-state index >= 15 is 0 Å². The number of rotatable bonds is 6. The lowest BCUT2D eigenvalue weighted by atomic mass is 9.91. The van der Waals surface area contributed by atoms with E-state index in [0.29, 0.717) is 19.0 Å². The smallest absolute Gasteiger partial charge is 0.234 e. The van der Waals surface area contributed by atoms with Crippen LogP contribution < -0.4 is 10.1 Å². The van der Waals surface area contributed by atoms with Gasteiger partial charge in [-0.2, -0.15) is 0 Å². The predicted molar refractivity (Wildman–Crippen MR) is 85.7 cm³/mol. The Hall–Kier alpha value is -1.59. The Labute approximate surface area is 132 Å². The zero-order chi connectivity index (χ0) is 15.9. The molecule has 0 bridgehead atoms. The summed E-state index contributed by atoms with van der Waals surface area (Å²) in [7, 11) is 1.63. The van der Waals surface area contributed by atoms with Gasteiger partial charge < -0.3 is 15.2 Å². The number of nitrogens with one attached hydrogen (secondary N) is 1. The molecule has 2 rings (SSSR count). The van der Waals surface area contributed by atoms with Crippen molar-refractivity contribution in [3.8, 4) is 5.75 Å². The van der Waals surface area contributed by atoms with Crippen molar-refractivity contribution in [3.63, 3.8) is 0 Å². The molecule has 0 radical (unpaired) electrons. The summed E-state index contributed by atoms with van der Waals surface area (Å²) in [5.74, 6) is 1.20. The summed E-state index contributed by atoms with van der Waals surface area (Å²) < 4.78 is 5.28. The lowest BCUT2D eigenvalue weighted by molar-refractivity contribution is -0.124. The van der Waals surface area contributed by atoms with Crippen molar-refractivity contribution in [1.29, 1.82) is 0 Å². The van der Waals surface area contributed by atoms with Crippen molar-refractivity contribution in [1.82, 2.24) is 10.2 Å². The van der Waals surface area contributed by atoms with Crippen LogP contribution in [0.3, 0.4) is 0 Å². The lowest BCUT2D eigenvalue weighted by Gasteiger charge is -2.38. The van der Waals surface area contributed by atoms with Gasteiger partial charge in [0.15, 0.2) is 0 Å². The number of hydrogen-bond donors (Lipinski definition) is 2. The third kappa shape index (κ3) is 4.21. The molecule has 1 aromatic rings. The second-order valence-corrected chi connectivity index (χ2v) is 5.93. The minimum absolute atomic E-state index is 0.0153. The minimum Gasteiger partial charge on any atom is -0.496 e. The summed E-state index contributed by atoms with van der Waals surface area (Å²) in [5.41, 5.74) is 0.962. The molecule has 1 fully saturated rings. The number of carbonyl (C=O) groups excluding carboxylic acids is 1. The van der Waals surface area contributed by atoms with Crippen molar-refractivity contribution >= 4 is 5.91 Å². The van der Waals surface area contributed by atoms with Crippen LogP contribution in [0.4, 0.5) is 0 Å². The number of benzene rings is 1. The first kappa shape index (κ1) is 16.8. The van der Waals surface area contributed by atoms with E-state index in [-0.39, 0.29) is 18.6 Å². The Morgan fingerprint density at radius 3 is 2.95 bits per heavy atom. The van der Waals surface area contributed by atoms with E-state index < -0.39 is 0 Å². The molecule has 5 heteroatoms. The molecule has 0 spiro atoms. The molecule has 1 saturated heterocycles. The number of hydrogen-bond acceptors (Lipinski definition) is 4. The Balaban J connectivity index is 1.87. The van der Waals surface area contributed by atoms with Crippen LogP contribution in [0.5, 0.6) is 5.75 Å². The summed E-state index contributed by atoms with van der Waals surface area (Å²) in [6.07, 6.45) is 2.20. The minimum atomic E-state index is -0.0153. The fraction of sp³-hybridized carbons (Fsp3) is 0.588. The van der Waals surface area contributed by atoms with Gasteiger partial charge in [-0.15, -0.1) is 0 Å². The van der Waals surface area contributed by atoms with Crippen LogP contribution in [-0.2, 0) is 11.3 Å². The number of aliphatic hydroxyl groups excluding tert-OH is 1. The van der Waals surface area contributed by atoms with Crippen LogP contribution in [0.1, 0.15) is 25.3 Å². The number of ether oxygens (including phenoxy) is 1. The van der Waals surface area contributed by atoms with E-state index in [1.165, 1.54) is 0 Å². The van der Waals surface area contributed by atoms with Gasteiger partial charge in [0.1, 0.15) is 5.75 Å². The van der Waals surface area contributed by atoms with Crippen molar-refractivity contribution < 1.29 is 14.6 Å². The molecular formula is C17H26N2O3. The van der Waals surface area contributed by atoms with E-state index in [1.807, 2.05) is 24.3 Å². The fourth-order valence-corrected chi connectivity index (χ4v) is 3.11. The maximum absolute atomic E-state index is 12.2. The van der Waals surface area contributed by atoms with Gasteiger partial charge in [-0.05, 0) is 31.4 Å². The number of aliphatic hydroxyl groups is 1. The normalized spacial score (nSPS) is 22.3. The highest BCUT2D eigenvalue weighted by Gasteiger charge is 2.28. The lowest BCUT2D eigenvalue weighted by Crippen LogP contribution is -2.50. The third-order valence-corrected chi connectivity index (χ3v) is 4.43. The SMILES string of the molecule is COc1ccccc1CNC(=O)CN1CCCC(C)C1CO. The van der Waals surface area contributed by atoms with E-state index in [9.17, 15) is 9.90 Å². The summed E-state index contributed by atoms with van der Waals surface area (Å²) in [6, 6.07) is 7.75. The van der Waals surface area contributed by atoms with Crippen LogP contribution in [0.15, 0.2) is 24.3 Å². The van der Waals surface area contributed by atoms with Gasteiger partial charge in [-0.1, -0.05) is 25.1 Å². The molecule has 0 aliphatic carbocycles. The van der Waals surface area contributed by atoms with Crippen LogP contribution >= 0.6 is 0 Å². The van der Waals surface area contributed by atoms with E-state index in [2.05, 4.69) is 17.1 Å². The van der Waals surface area contributed by atoms with E-state index in [4.69, 9.17) is 4.74 Å². The highest BCUT2D eigenvalue weighted by Crippen LogP contribution is 2.22. The molecule has 122 valence electrons. The molecule has 1 heterocycles. The average molecular weight is 306 g/mol. The number of carbonyl (C=O) groups is 1. The van der Waals surface area contributed by atoms with Crippen molar-refractivity contribution in [2.75, 3.05) is 26.8 Å². The number of likely N-dealkylation sites (tertiary alicyclic amines) is 1. The van der Waals surface area contributed by atoms with E-state index in [1.54, 1.807) is 7.11 Å². The summed E-state index contributed by atoms with van der Waals surface area (Å²) in [4.78, 5) is 14.3. The number of amides is 1. The zero-order valence-electron chi connectivity index (χ0n) is 13.4. The maximum atomic E-state index is 12.2. The average Bonchev–Trinajstić information content (AvgIpc) is 2.53. The molecule has 1 aliphatic rings. The van der Waals surface area contributed by atoms with Crippen LogP contribution in [0.25, 0.3) is 0 Å². The molecule has 22 heavy (non-hydrogen) atoms. The molecule has 1 amide bonds. The Bertz CT molecular complexity index is 493. The van der Waals surface area contributed by atoms with Gasteiger partial charge >= 0.3 is 0 Å². The number of para-hydroxylation sites is 1. The topological polar surface area (TPSA) is 61.8 Å². The largest absolute Gasteiger partial charge is 0.496 e. The maximum Gasteiger partial charge on any atom is 0.234 e. The summed E-state index contributed by atoms with van der Waals surface area (Å²) in [5, 5.41) is 12.5. The van der Waals surface area contributed by atoms with Crippen LogP contribution in [-0.4, -0.2) is 48.8 Å². The molecule has 1 aliphatic heterocycles. The first-order valence-corrected chi connectivity index (χ1v) is 7.89. The number of piperidine rings is 1. The quantitative estimate of drug-likeness (QED) is 0.834. The highest BCUT2D eigenvalue weighted by molar-refractivity contribution is 5.78. The monoisotopic (exact) mass is 306 g/mol. The van der Waals surface area contributed by atoms with Crippen molar-refractivity contribution in [3.05, 3.63) is 29.8 Å². The second-order valence-electron chi connectivity index (χ2n) is 5.93. The summed E-state index contributed by atoms with van der Waals surface area (Å²) in [6.45, 7) is 3.92. The van der Waals surface area contributed by atoms with Crippen molar-refractivity contribution in [2.45, 2.75) is 32.4 Å². The standard InChI is InChI=1S/C17H26N2O3/c1-13-6-5-9-19(15(13)12-20)11-17(21)18-10-14-7-3-4-8-16(14)22-2/h3-4,7-8,13,15,20H,5-6,9-12H2,1-2H3,(H,18,21). The number of methoxy groups -OCH3 is 1. The van der Waals surface area contributed by atoms with E-state index in [0.717, 1.165) is 30.7 Å². The van der Waals surface area contributed by atoms with Gasteiger partial charge in [0.2, 0.25) is 5.91 Å². The number of nitrogens with zero attached hydrogens (tertiary/aromatic N) is 1. The Morgan fingerprint density at radius 1 is 1.45 bits per heavy atom. The molecule has 2 atom stereocenters. The van der Waals surface area contributed by atoms with Crippen molar-refractivity contribution in [2.24, 2.45) is 5.92 Å². The second kappa shape index (κ2) is 8.15. The predicted octanol–water partition coefficient (Wildman–Crippen LogP) is 1.40. The summed E-state index contributed by atoms with van der Waals surface area (Å²) >= 11 is 0. The first-order chi connectivity index (χ1) is 10.7. The molecule has 0 saturated carbocycles. The molecule has 0 aromatic heterocycles. The molecule has 2 N–H and O–H groups in total. The van der Waals surface area contributed by atoms with Gasteiger partial charge in [0.25, 0.3) is 0 Å².